The van der Waals surface area contributed by atoms with Crippen LogP contribution in [0.5, 0.6) is 0 Å². The molecule has 0 radical (unpaired) electrons. The fraction of sp³-hybridized carbons (Fsp3) is 0.818. The Labute approximate surface area is 310 Å². The number of benzene rings is 1. The van der Waals surface area contributed by atoms with Gasteiger partial charge in [0.2, 0.25) is 0 Å². The lowest BCUT2D eigenvalue weighted by Crippen LogP contribution is -1.99. The van der Waals surface area contributed by atoms with E-state index < -0.39 is 11.9 Å². The van der Waals surface area contributed by atoms with Crippen molar-refractivity contribution in [2.45, 2.75) is 219 Å². The van der Waals surface area contributed by atoms with Gasteiger partial charge in [-0.15, -0.1) is 0 Å². The molecule has 0 saturated carbocycles. The molecule has 0 fully saturated rings. The molecule has 294 valence electrons. The average Bonchev–Trinajstić information content (AvgIpc) is 3.12. The van der Waals surface area contributed by atoms with Crippen molar-refractivity contribution in [2.75, 3.05) is 13.1 Å². The van der Waals surface area contributed by atoms with E-state index in [2.05, 4.69) is 13.8 Å². The van der Waals surface area contributed by atoms with Gasteiger partial charge < -0.3 is 21.7 Å². The van der Waals surface area contributed by atoms with Crippen molar-refractivity contribution in [3.05, 3.63) is 35.4 Å². The highest BCUT2D eigenvalue weighted by atomic mass is 16.4. The summed E-state index contributed by atoms with van der Waals surface area (Å²) in [5.41, 5.74) is 11.1. The molecular weight excluding hydrogens is 620 g/mol. The van der Waals surface area contributed by atoms with Crippen LogP contribution in [-0.2, 0) is 0 Å². The molecule has 0 aliphatic heterocycles. The summed E-state index contributed by atoms with van der Waals surface area (Å²) in [4.78, 5) is 20.7. The first-order valence-corrected chi connectivity index (χ1v) is 21.4. The lowest BCUT2D eigenvalue weighted by Gasteiger charge is -2.03. The second-order valence-corrected chi connectivity index (χ2v) is 14.4. The van der Waals surface area contributed by atoms with Crippen LogP contribution in [0.4, 0.5) is 0 Å². The van der Waals surface area contributed by atoms with E-state index in [0.717, 1.165) is 13.1 Å². The molecular formula is C44H84N2O4. The lowest BCUT2D eigenvalue weighted by atomic mass is 10.0. The fourth-order valence-corrected chi connectivity index (χ4v) is 6.14. The maximum atomic E-state index is 10.3. The molecule has 0 saturated heterocycles. The largest absolute Gasteiger partial charge is 0.478 e. The predicted octanol–water partition coefficient (Wildman–Crippen LogP) is 13.5. The minimum Gasteiger partial charge on any atom is -0.478 e. The quantitative estimate of drug-likeness (QED) is 0.0529. The Kier molecular flexibility index (Phi) is 43.4. The van der Waals surface area contributed by atoms with Crippen molar-refractivity contribution in [2.24, 2.45) is 11.5 Å². The lowest BCUT2D eigenvalue weighted by molar-refractivity contribution is 0.0681. The third-order valence-electron chi connectivity index (χ3n) is 9.49. The molecule has 0 spiro atoms. The van der Waals surface area contributed by atoms with Gasteiger partial charge >= 0.3 is 11.9 Å². The van der Waals surface area contributed by atoms with Crippen LogP contribution >= 0.6 is 0 Å². The second kappa shape index (κ2) is 43.2. The van der Waals surface area contributed by atoms with Crippen LogP contribution in [0.2, 0.25) is 0 Å². The standard InChI is InChI=1S/2C18H39N.C8H6O4/c2*1-2-3-4-5-6-7-8-9-10-11-12-13-14-15-16-17-18-19;9-7(10)5-1-2-6(4-3-5)8(11)12/h2*2-19H2,1H3;1-4H,(H,9,10)(H,11,12). The number of hydrogen-bond donors (Lipinski definition) is 4. The van der Waals surface area contributed by atoms with Gasteiger partial charge in [0.1, 0.15) is 0 Å². The minimum atomic E-state index is -1.06. The van der Waals surface area contributed by atoms with Gasteiger partial charge in [0.05, 0.1) is 11.1 Å². The van der Waals surface area contributed by atoms with E-state index in [0.29, 0.717) is 0 Å². The third-order valence-corrected chi connectivity index (χ3v) is 9.49. The zero-order valence-electron chi connectivity index (χ0n) is 33.2. The van der Waals surface area contributed by atoms with Gasteiger partial charge in [-0.25, -0.2) is 9.59 Å². The number of unbranched alkanes of at least 4 members (excludes halogenated alkanes) is 30. The van der Waals surface area contributed by atoms with Gasteiger partial charge in [0.25, 0.3) is 0 Å². The Morgan fingerprint density at radius 2 is 0.520 bits per heavy atom. The number of aromatic carboxylic acids is 2. The molecule has 0 heterocycles. The first-order valence-electron chi connectivity index (χ1n) is 21.4. The van der Waals surface area contributed by atoms with Gasteiger partial charge in [0.15, 0.2) is 0 Å². The molecule has 6 N–H and O–H groups in total. The Hall–Kier alpha value is -1.92. The molecule has 0 aromatic heterocycles. The maximum Gasteiger partial charge on any atom is 0.335 e. The number of hydrogen-bond acceptors (Lipinski definition) is 4. The van der Waals surface area contributed by atoms with Crippen molar-refractivity contribution in [3.8, 4) is 0 Å². The zero-order chi connectivity index (χ0) is 37.2. The summed E-state index contributed by atoms with van der Waals surface area (Å²) in [6, 6.07) is 5.02. The minimum absolute atomic E-state index is 0.0833. The number of nitrogens with two attached hydrogens (primary N) is 2. The summed E-state index contributed by atoms with van der Waals surface area (Å²) in [6.07, 6.45) is 45.7. The molecule has 6 heteroatoms. The first-order chi connectivity index (χ1) is 24.4. The van der Waals surface area contributed by atoms with Crippen LogP contribution in [0.1, 0.15) is 240 Å². The van der Waals surface area contributed by atoms with Crippen LogP contribution < -0.4 is 11.5 Å². The summed E-state index contributed by atoms with van der Waals surface area (Å²) < 4.78 is 0. The monoisotopic (exact) mass is 705 g/mol. The van der Waals surface area contributed by atoms with E-state index in [4.69, 9.17) is 21.7 Å². The molecule has 0 atom stereocenters. The normalized spacial score (nSPS) is 10.6. The first kappa shape index (κ1) is 50.2. The van der Waals surface area contributed by atoms with E-state index in [1.54, 1.807) is 0 Å². The van der Waals surface area contributed by atoms with Crippen molar-refractivity contribution in [3.63, 3.8) is 0 Å². The Morgan fingerprint density at radius 3 is 0.660 bits per heavy atom. The molecule has 0 amide bonds. The molecule has 0 aliphatic carbocycles. The molecule has 1 aromatic carbocycles. The van der Waals surface area contributed by atoms with Crippen LogP contribution in [0.15, 0.2) is 24.3 Å². The van der Waals surface area contributed by atoms with E-state index in [9.17, 15) is 9.59 Å². The summed E-state index contributed by atoms with van der Waals surface area (Å²) in [5.74, 6) is -2.13. The van der Waals surface area contributed by atoms with Gasteiger partial charge in [-0.2, -0.15) is 0 Å². The van der Waals surface area contributed by atoms with E-state index in [-0.39, 0.29) is 11.1 Å². The highest BCUT2D eigenvalue weighted by Gasteiger charge is 2.05. The number of carboxylic acid groups (broad SMARTS) is 2. The summed E-state index contributed by atoms with van der Waals surface area (Å²) in [7, 11) is 0. The number of rotatable bonds is 34. The van der Waals surface area contributed by atoms with E-state index in [1.165, 1.54) is 230 Å². The van der Waals surface area contributed by atoms with E-state index in [1.807, 2.05) is 0 Å². The molecule has 1 rings (SSSR count). The molecule has 1 aromatic rings. The predicted molar refractivity (Wildman–Crippen MR) is 218 cm³/mol. The van der Waals surface area contributed by atoms with Crippen LogP contribution in [-0.4, -0.2) is 35.2 Å². The topological polar surface area (TPSA) is 127 Å². The average molecular weight is 705 g/mol. The number of carboxylic acids is 2. The molecule has 0 aliphatic rings. The summed E-state index contributed by atoms with van der Waals surface area (Å²) in [6.45, 7) is 6.33. The van der Waals surface area contributed by atoms with Gasteiger partial charge in [0, 0.05) is 0 Å². The van der Waals surface area contributed by atoms with Crippen molar-refractivity contribution >= 4 is 11.9 Å². The van der Waals surface area contributed by atoms with Crippen molar-refractivity contribution in [1.29, 1.82) is 0 Å². The number of carbonyl (C=O) groups is 2. The maximum absolute atomic E-state index is 10.3. The third kappa shape index (κ3) is 40.5. The SMILES string of the molecule is CCCCCCCCCCCCCCCCCCN.CCCCCCCCCCCCCCCCCCN.O=C(O)c1ccc(C(=O)O)cc1. The molecule has 0 unspecified atom stereocenters. The molecule has 50 heavy (non-hydrogen) atoms. The smallest absolute Gasteiger partial charge is 0.335 e. The Morgan fingerprint density at radius 1 is 0.360 bits per heavy atom. The van der Waals surface area contributed by atoms with Gasteiger partial charge in [-0.1, -0.05) is 206 Å². The van der Waals surface area contributed by atoms with Gasteiger partial charge in [-0.3, -0.25) is 0 Å². The Balaban J connectivity index is 0. The Bertz CT molecular complexity index is 716. The van der Waals surface area contributed by atoms with Crippen molar-refractivity contribution in [1.82, 2.24) is 0 Å². The summed E-state index contributed by atoms with van der Waals surface area (Å²) >= 11 is 0. The highest BCUT2D eigenvalue weighted by molar-refractivity contribution is 5.91. The van der Waals surface area contributed by atoms with Crippen LogP contribution in [0.25, 0.3) is 0 Å². The van der Waals surface area contributed by atoms with E-state index >= 15 is 0 Å². The summed E-state index contributed by atoms with van der Waals surface area (Å²) in [5, 5.41) is 16.9. The second-order valence-electron chi connectivity index (χ2n) is 14.4. The van der Waals surface area contributed by atoms with Crippen molar-refractivity contribution < 1.29 is 19.8 Å². The molecule has 0 bridgehead atoms. The zero-order valence-corrected chi connectivity index (χ0v) is 33.2. The van der Waals surface area contributed by atoms with Crippen LogP contribution in [0, 0.1) is 0 Å². The highest BCUT2D eigenvalue weighted by Crippen LogP contribution is 2.15. The van der Waals surface area contributed by atoms with Gasteiger partial charge in [-0.05, 0) is 50.2 Å². The van der Waals surface area contributed by atoms with Crippen LogP contribution in [0.3, 0.4) is 0 Å². The molecule has 6 nitrogen and oxygen atoms in total. The fourth-order valence-electron chi connectivity index (χ4n) is 6.14.